The highest BCUT2D eigenvalue weighted by Crippen LogP contribution is 2.48. The summed E-state index contributed by atoms with van der Waals surface area (Å²) in [6.45, 7) is 9.59. The van der Waals surface area contributed by atoms with Gasteiger partial charge in [0.05, 0.1) is 18.0 Å². The number of hydrogen-bond donors (Lipinski definition) is 0. The molecule has 0 atom stereocenters. The highest BCUT2D eigenvalue weighted by molar-refractivity contribution is 7.99. The molecule has 0 radical (unpaired) electrons. The van der Waals surface area contributed by atoms with E-state index in [2.05, 4.69) is 66.1 Å². The van der Waals surface area contributed by atoms with Crippen LogP contribution in [0.3, 0.4) is 0 Å². The van der Waals surface area contributed by atoms with Gasteiger partial charge in [-0.25, -0.2) is 0 Å². The molecule has 2 aromatic carbocycles. The van der Waals surface area contributed by atoms with Crippen molar-refractivity contribution in [2.75, 3.05) is 38.2 Å². The zero-order chi connectivity index (χ0) is 17.6. The van der Waals surface area contributed by atoms with E-state index in [0.717, 1.165) is 26.2 Å². The molecule has 0 unspecified atom stereocenters. The van der Waals surface area contributed by atoms with Gasteiger partial charge in [0.15, 0.2) is 0 Å². The van der Waals surface area contributed by atoms with Gasteiger partial charge in [0.1, 0.15) is 0 Å². The van der Waals surface area contributed by atoms with Gasteiger partial charge in [0, 0.05) is 23.4 Å². The number of methoxy groups -OCH3 is 1. The first-order chi connectivity index (χ1) is 12.3. The maximum Gasteiger partial charge on any atom is 0.0713 e. The predicted molar refractivity (Wildman–Crippen MR) is 107 cm³/mol. The fraction of sp³-hybridized carbons (Fsp3) is 0.429. The second kappa shape index (κ2) is 8.75. The molecule has 2 aromatic rings. The third-order valence-corrected chi connectivity index (χ3v) is 5.86. The fourth-order valence-electron chi connectivity index (χ4n) is 3.37. The van der Waals surface area contributed by atoms with Crippen LogP contribution in [0.2, 0.25) is 0 Å². The Morgan fingerprint density at radius 2 is 1.76 bits per heavy atom. The summed E-state index contributed by atoms with van der Waals surface area (Å²) in [5.41, 5.74) is 3.89. The van der Waals surface area contributed by atoms with E-state index >= 15 is 0 Å². The number of benzene rings is 2. The van der Waals surface area contributed by atoms with Crippen LogP contribution < -0.4 is 4.90 Å². The highest BCUT2D eigenvalue weighted by atomic mass is 32.2. The Hall–Kier alpha value is -1.49. The van der Waals surface area contributed by atoms with Crippen molar-refractivity contribution in [1.82, 2.24) is 4.90 Å². The highest BCUT2D eigenvalue weighted by Gasteiger charge is 2.23. The minimum atomic E-state index is 0.664. The van der Waals surface area contributed by atoms with Gasteiger partial charge in [0.25, 0.3) is 0 Å². The molecule has 0 aliphatic carbocycles. The largest absolute Gasteiger partial charge is 0.380 e. The summed E-state index contributed by atoms with van der Waals surface area (Å²) in [5, 5.41) is 0. The van der Waals surface area contributed by atoms with Gasteiger partial charge >= 0.3 is 0 Å². The smallest absolute Gasteiger partial charge is 0.0713 e. The maximum absolute atomic E-state index is 5.30. The third kappa shape index (κ3) is 4.20. The Labute approximate surface area is 156 Å². The lowest BCUT2D eigenvalue weighted by Gasteiger charge is -2.33. The van der Waals surface area contributed by atoms with Crippen LogP contribution in [0.25, 0.3) is 0 Å². The van der Waals surface area contributed by atoms with Crippen molar-refractivity contribution in [3.05, 3.63) is 48.0 Å². The van der Waals surface area contributed by atoms with E-state index in [9.17, 15) is 0 Å². The minimum absolute atomic E-state index is 0.664. The molecular weight excluding hydrogens is 328 g/mol. The van der Waals surface area contributed by atoms with Crippen LogP contribution in [0, 0.1) is 0 Å². The van der Waals surface area contributed by atoms with Crippen molar-refractivity contribution < 1.29 is 4.74 Å². The van der Waals surface area contributed by atoms with Crippen LogP contribution in [0.4, 0.5) is 11.4 Å². The van der Waals surface area contributed by atoms with E-state index in [1.807, 2.05) is 11.8 Å². The van der Waals surface area contributed by atoms with E-state index in [4.69, 9.17) is 4.74 Å². The number of ether oxygens (including phenoxy) is 1. The molecule has 0 N–H and O–H groups in total. The number of hydrogen-bond acceptors (Lipinski definition) is 4. The summed E-state index contributed by atoms with van der Waals surface area (Å²) < 4.78 is 5.30. The van der Waals surface area contributed by atoms with Crippen molar-refractivity contribution in [2.24, 2.45) is 0 Å². The lowest BCUT2D eigenvalue weighted by atomic mass is 10.1. The molecular formula is C21H28N2OS. The number of nitrogens with zero attached hydrogens (tertiary/aromatic N) is 2. The summed E-state index contributed by atoms with van der Waals surface area (Å²) in [4.78, 5) is 7.65. The van der Waals surface area contributed by atoms with Gasteiger partial charge in [-0.2, -0.15) is 0 Å². The summed E-state index contributed by atoms with van der Waals surface area (Å²) in [6, 6.07) is 15.5. The summed E-state index contributed by atoms with van der Waals surface area (Å²) in [7, 11) is 1.75. The Bertz CT molecular complexity index is 700. The van der Waals surface area contributed by atoms with Crippen LogP contribution in [0.5, 0.6) is 0 Å². The molecule has 0 bridgehead atoms. The number of rotatable bonds is 8. The molecule has 0 aromatic heterocycles. The Morgan fingerprint density at radius 3 is 2.52 bits per heavy atom. The van der Waals surface area contributed by atoms with E-state index in [1.54, 1.807) is 7.11 Å². The van der Waals surface area contributed by atoms with Crippen molar-refractivity contribution in [2.45, 2.75) is 36.7 Å². The fourth-order valence-corrected chi connectivity index (χ4v) is 4.53. The lowest BCUT2D eigenvalue weighted by Crippen LogP contribution is -2.29. The van der Waals surface area contributed by atoms with Crippen LogP contribution in [-0.4, -0.2) is 38.2 Å². The van der Waals surface area contributed by atoms with Gasteiger partial charge in [-0.05, 0) is 55.9 Å². The lowest BCUT2D eigenvalue weighted by molar-refractivity contribution is 0.184. The van der Waals surface area contributed by atoms with E-state index in [1.165, 1.54) is 33.2 Å². The molecule has 0 amide bonds. The molecule has 134 valence electrons. The molecule has 4 heteroatoms. The maximum atomic E-state index is 5.30. The first kappa shape index (κ1) is 18.3. The van der Waals surface area contributed by atoms with Crippen molar-refractivity contribution in [3.8, 4) is 0 Å². The number of anilines is 2. The van der Waals surface area contributed by atoms with Crippen LogP contribution in [0.15, 0.2) is 52.3 Å². The van der Waals surface area contributed by atoms with Crippen molar-refractivity contribution in [1.29, 1.82) is 0 Å². The zero-order valence-corrected chi connectivity index (χ0v) is 16.3. The van der Waals surface area contributed by atoms with Gasteiger partial charge in [0.2, 0.25) is 0 Å². The second-order valence-corrected chi connectivity index (χ2v) is 7.42. The van der Waals surface area contributed by atoms with Gasteiger partial charge < -0.3 is 14.5 Å². The average Bonchev–Trinajstić information content (AvgIpc) is 2.64. The van der Waals surface area contributed by atoms with Crippen molar-refractivity contribution >= 4 is 23.1 Å². The molecule has 0 spiro atoms. The first-order valence-electron chi connectivity index (χ1n) is 9.15. The standard InChI is InChI=1S/C21H28N2OS/c1-4-22(5-2)13-8-14-23-18-9-6-7-10-20(18)25-21-15-17(16-24-3)11-12-19(21)23/h6-7,9-12,15H,4-5,8,13-14,16H2,1-3H3. The minimum Gasteiger partial charge on any atom is -0.380 e. The molecule has 0 fully saturated rings. The Balaban J connectivity index is 1.84. The molecule has 1 aliphatic heterocycles. The molecule has 1 heterocycles. The summed E-state index contributed by atoms with van der Waals surface area (Å²) in [5.74, 6) is 0. The molecule has 25 heavy (non-hydrogen) atoms. The number of para-hydroxylation sites is 1. The molecule has 0 saturated heterocycles. The van der Waals surface area contributed by atoms with E-state index < -0.39 is 0 Å². The van der Waals surface area contributed by atoms with Gasteiger partial charge in [-0.15, -0.1) is 0 Å². The molecule has 3 nitrogen and oxygen atoms in total. The molecule has 3 rings (SSSR count). The molecule has 0 saturated carbocycles. The summed E-state index contributed by atoms with van der Waals surface area (Å²) >= 11 is 1.87. The topological polar surface area (TPSA) is 15.7 Å². The van der Waals surface area contributed by atoms with Crippen LogP contribution in [0.1, 0.15) is 25.8 Å². The van der Waals surface area contributed by atoms with Gasteiger partial charge in [-0.3, -0.25) is 0 Å². The monoisotopic (exact) mass is 356 g/mol. The quantitative estimate of drug-likeness (QED) is 0.648. The number of fused-ring (bicyclic) bond motifs is 2. The third-order valence-electron chi connectivity index (χ3n) is 4.75. The van der Waals surface area contributed by atoms with Crippen LogP contribution in [-0.2, 0) is 11.3 Å². The summed E-state index contributed by atoms with van der Waals surface area (Å²) in [6.07, 6.45) is 1.17. The van der Waals surface area contributed by atoms with Crippen molar-refractivity contribution in [3.63, 3.8) is 0 Å². The second-order valence-electron chi connectivity index (χ2n) is 6.34. The normalized spacial score (nSPS) is 13.0. The first-order valence-corrected chi connectivity index (χ1v) is 9.97. The van der Waals surface area contributed by atoms with E-state index in [-0.39, 0.29) is 0 Å². The zero-order valence-electron chi connectivity index (χ0n) is 15.5. The van der Waals surface area contributed by atoms with Crippen LogP contribution >= 0.6 is 11.8 Å². The Kier molecular flexibility index (Phi) is 6.40. The average molecular weight is 357 g/mol. The van der Waals surface area contributed by atoms with E-state index in [0.29, 0.717) is 6.61 Å². The Morgan fingerprint density at radius 1 is 1.00 bits per heavy atom. The molecule has 1 aliphatic rings. The predicted octanol–water partition coefficient (Wildman–Crippen LogP) is 5.17. The van der Waals surface area contributed by atoms with Gasteiger partial charge in [-0.1, -0.05) is 43.8 Å². The SMILES string of the molecule is CCN(CC)CCCN1c2ccccc2Sc2cc(COC)ccc21.